The van der Waals surface area contributed by atoms with Gasteiger partial charge in [0.1, 0.15) is 18.1 Å². The number of ether oxygens (including phenoxy) is 2. The summed E-state index contributed by atoms with van der Waals surface area (Å²) in [6.07, 6.45) is 1.58. The third-order valence-electron chi connectivity index (χ3n) is 4.66. The summed E-state index contributed by atoms with van der Waals surface area (Å²) in [5.74, 6) is 1.47. The molecule has 0 bridgehead atoms. The van der Waals surface area contributed by atoms with Crippen molar-refractivity contribution in [1.82, 2.24) is 5.43 Å². The fourth-order valence-electron chi connectivity index (χ4n) is 3.02. The summed E-state index contributed by atoms with van der Waals surface area (Å²) in [6.45, 7) is 6.59. The topological polar surface area (TPSA) is 59.9 Å². The molecule has 0 fully saturated rings. The molecule has 0 saturated heterocycles. The van der Waals surface area contributed by atoms with Gasteiger partial charge in [0, 0.05) is 0 Å². The molecule has 0 atom stereocenters. The van der Waals surface area contributed by atoms with E-state index in [0.717, 1.165) is 33.8 Å². The molecule has 5 nitrogen and oxygen atoms in total. The minimum atomic E-state index is -0.316. The first-order valence-corrected chi connectivity index (χ1v) is 10.3. The summed E-state index contributed by atoms with van der Waals surface area (Å²) in [4.78, 5) is 12.1. The average molecular weight is 417 g/mol. The summed E-state index contributed by atoms with van der Waals surface area (Å²) >= 11 is 0. The molecule has 5 heteroatoms. The van der Waals surface area contributed by atoms with Crippen molar-refractivity contribution in [3.8, 4) is 11.5 Å². The van der Waals surface area contributed by atoms with Crippen molar-refractivity contribution in [3.05, 3.63) is 95.1 Å². The fourth-order valence-corrected chi connectivity index (χ4v) is 3.02. The van der Waals surface area contributed by atoms with Gasteiger partial charge in [-0.25, -0.2) is 5.43 Å². The SMILES string of the molecule is Cc1ccc(C(C)C)c(OCC(=O)N/N=C/c2cccc(OCc3ccccc3)c2)c1. The first kappa shape index (κ1) is 22.1. The Labute approximate surface area is 183 Å². The summed E-state index contributed by atoms with van der Waals surface area (Å²) in [5.41, 5.74) is 6.60. The van der Waals surface area contributed by atoms with Crippen LogP contribution in [0.25, 0.3) is 0 Å². The quantitative estimate of drug-likeness (QED) is 0.384. The molecule has 0 aliphatic carbocycles. The Bertz CT molecular complexity index is 1030. The van der Waals surface area contributed by atoms with Crippen LogP contribution in [-0.4, -0.2) is 18.7 Å². The van der Waals surface area contributed by atoms with Crippen molar-refractivity contribution >= 4 is 12.1 Å². The van der Waals surface area contributed by atoms with Crippen molar-refractivity contribution in [3.63, 3.8) is 0 Å². The maximum atomic E-state index is 12.1. The van der Waals surface area contributed by atoms with Crippen LogP contribution in [0.3, 0.4) is 0 Å². The van der Waals surface area contributed by atoms with E-state index >= 15 is 0 Å². The van der Waals surface area contributed by atoms with Gasteiger partial charge in [-0.05, 0) is 53.3 Å². The van der Waals surface area contributed by atoms with Crippen LogP contribution < -0.4 is 14.9 Å². The van der Waals surface area contributed by atoms with Gasteiger partial charge in [-0.1, -0.05) is 68.4 Å². The number of hydrogen-bond acceptors (Lipinski definition) is 4. The summed E-state index contributed by atoms with van der Waals surface area (Å²) in [7, 11) is 0. The lowest BCUT2D eigenvalue weighted by Crippen LogP contribution is -2.25. The first-order valence-electron chi connectivity index (χ1n) is 10.3. The molecule has 0 heterocycles. The minimum absolute atomic E-state index is 0.0965. The predicted octanol–water partition coefficient (Wildman–Crippen LogP) is 5.23. The van der Waals surface area contributed by atoms with Gasteiger partial charge < -0.3 is 9.47 Å². The van der Waals surface area contributed by atoms with Gasteiger partial charge in [0.2, 0.25) is 0 Å². The van der Waals surface area contributed by atoms with E-state index in [1.54, 1.807) is 6.21 Å². The van der Waals surface area contributed by atoms with Crippen molar-refractivity contribution in [2.24, 2.45) is 5.10 Å². The van der Waals surface area contributed by atoms with Crippen molar-refractivity contribution in [1.29, 1.82) is 0 Å². The number of rotatable bonds is 9. The third kappa shape index (κ3) is 7.00. The maximum absolute atomic E-state index is 12.1. The molecule has 0 aliphatic heterocycles. The van der Waals surface area contributed by atoms with E-state index in [9.17, 15) is 4.79 Å². The molecule has 3 aromatic carbocycles. The van der Waals surface area contributed by atoms with Crippen LogP contribution in [-0.2, 0) is 11.4 Å². The van der Waals surface area contributed by atoms with Crippen LogP contribution in [0, 0.1) is 6.92 Å². The highest BCUT2D eigenvalue weighted by Gasteiger charge is 2.10. The number of nitrogens with zero attached hydrogens (tertiary/aromatic N) is 1. The monoisotopic (exact) mass is 416 g/mol. The second-order valence-corrected chi connectivity index (χ2v) is 7.62. The molecule has 0 spiro atoms. The number of hydrazone groups is 1. The minimum Gasteiger partial charge on any atom is -0.489 e. The van der Waals surface area contributed by atoms with Crippen LogP contribution in [0.15, 0.2) is 77.9 Å². The van der Waals surface area contributed by atoms with E-state index in [2.05, 4.69) is 24.4 Å². The number of aryl methyl sites for hydroxylation is 1. The summed E-state index contributed by atoms with van der Waals surface area (Å²) < 4.78 is 11.5. The van der Waals surface area contributed by atoms with Gasteiger partial charge in [0.15, 0.2) is 6.61 Å². The lowest BCUT2D eigenvalue weighted by molar-refractivity contribution is -0.123. The molecule has 3 rings (SSSR count). The van der Waals surface area contributed by atoms with Crippen LogP contribution in [0.5, 0.6) is 11.5 Å². The summed E-state index contributed by atoms with van der Waals surface area (Å²) in [5, 5.41) is 4.03. The smallest absolute Gasteiger partial charge is 0.277 e. The molecule has 0 saturated carbocycles. The lowest BCUT2D eigenvalue weighted by atomic mass is 10.0. The van der Waals surface area contributed by atoms with E-state index in [1.165, 1.54) is 0 Å². The van der Waals surface area contributed by atoms with Crippen molar-refractivity contribution in [2.75, 3.05) is 6.61 Å². The third-order valence-corrected chi connectivity index (χ3v) is 4.66. The van der Waals surface area contributed by atoms with E-state index in [4.69, 9.17) is 9.47 Å². The molecule has 31 heavy (non-hydrogen) atoms. The largest absolute Gasteiger partial charge is 0.489 e. The molecule has 0 radical (unpaired) electrons. The molecule has 0 unspecified atom stereocenters. The Kier molecular flexibility index (Phi) is 7.82. The van der Waals surface area contributed by atoms with E-state index in [0.29, 0.717) is 12.5 Å². The highest BCUT2D eigenvalue weighted by molar-refractivity contribution is 5.83. The number of benzene rings is 3. The number of amides is 1. The Hall–Kier alpha value is -3.60. The lowest BCUT2D eigenvalue weighted by Gasteiger charge is -2.14. The van der Waals surface area contributed by atoms with E-state index in [-0.39, 0.29) is 12.5 Å². The highest BCUT2D eigenvalue weighted by Crippen LogP contribution is 2.27. The number of carbonyl (C=O) groups excluding carboxylic acids is 1. The number of carbonyl (C=O) groups is 1. The van der Waals surface area contributed by atoms with Crippen LogP contribution >= 0.6 is 0 Å². The standard InChI is InChI=1S/C26H28N2O3/c1-19(2)24-13-12-20(3)14-25(24)31-18-26(29)28-27-16-22-10-7-11-23(15-22)30-17-21-8-5-4-6-9-21/h4-16,19H,17-18H2,1-3H3,(H,28,29)/b27-16+. The molecule has 1 amide bonds. The van der Waals surface area contributed by atoms with Crippen LogP contribution in [0.4, 0.5) is 0 Å². The Morgan fingerprint density at radius 3 is 2.58 bits per heavy atom. The molecule has 3 aromatic rings. The van der Waals surface area contributed by atoms with Gasteiger partial charge >= 0.3 is 0 Å². The Morgan fingerprint density at radius 2 is 1.81 bits per heavy atom. The summed E-state index contributed by atoms with van der Waals surface area (Å²) in [6, 6.07) is 23.6. The highest BCUT2D eigenvalue weighted by atomic mass is 16.5. The van der Waals surface area contributed by atoms with Gasteiger partial charge in [-0.15, -0.1) is 0 Å². The molecular formula is C26H28N2O3. The Balaban J connectivity index is 1.50. The maximum Gasteiger partial charge on any atom is 0.277 e. The zero-order chi connectivity index (χ0) is 22.1. The Morgan fingerprint density at radius 1 is 1.00 bits per heavy atom. The van der Waals surface area contributed by atoms with Gasteiger partial charge in [-0.2, -0.15) is 5.10 Å². The molecule has 0 aliphatic rings. The second-order valence-electron chi connectivity index (χ2n) is 7.62. The number of hydrogen-bond donors (Lipinski definition) is 1. The average Bonchev–Trinajstić information content (AvgIpc) is 2.77. The van der Waals surface area contributed by atoms with Crippen molar-refractivity contribution in [2.45, 2.75) is 33.3 Å². The zero-order valence-corrected chi connectivity index (χ0v) is 18.2. The zero-order valence-electron chi connectivity index (χ0n) is 18.2. The fraction of sp³-hybridized carbons (Fsp3) is 0.231. The van der Waals surface area contributed by atoms with Gasteiger partial charge in [0.25, 0.3) is 5.91 Å². The van der Waals surface area contributed by atoms with Gasteiger partial charge in [0.05, 0.1) is 6.21 Å². The molecule has 0 aromatic heterocycles. The predicted molar refractivity (Wildman–Crippen MR) is 124 cm³/mol. The molecule has 160 valence electrons. The van der Waals surface area contributed by atoms with E-state index in [1.807, 2.05) is 79.7 Å². The first-order chi connectivity index (χ1) is 15.0. The number of nitrogens with one attached hydrogen (secondary N) is 1. The second kappa shape index (κ2) is 11.0. The normalized spacial score (nSPS) is 11.0. The molecule has 1 N–H and O–H groups in total. The van der Waals surface area contributed by atoms with Gasteiger partial charge in [-0.3, -0.25) is 4.79 Å². The van der Waals surface area contributed by atoms with Crippen LogP contribution in [0.2, 0.25) is 0 Å². The van der Waals surface area contributed by atoms with Crippen molar-refractivity contribution < 1.29 is 14.3 Å². The van der Waals surface area contributed by atoms with E-state index < -0.39 is 0 Å². The molecular weight excluding hydrogens is 388 g/mol. The van der Waals surface area contributed by atoms with Crippen LogP contribution in [0.1, 0.15) is 42.0 Å².